The van der Waals surface area contributed by atoms with E-state index in [0.717, 1.165) is 24.1 Å². The van der Waals surface area contributed by atoms with E-state index in [4.69, 9.17) is 4.52 Å². The first-order valence-electron chi connectivity index (χ1n) is 9.44. The highest BCUT2D eigenvalue weighted by Gasteiger charge is 2.51. The number of amides is 1. The molecule has 2 atom stereocenters. The number of aliphatic hydroxyl groups is 1. The third kappa shape index (κ3) is 2.57. The lowest BCUT2D eigenvalue weighted by atomic mass is 9.83. The zero-order valence-electron chi connectivity index (χ0n) is 15.8. The lowest BCUT2D eigenvalue weighted by Gasteiger charge is -2.43. The first kappa shape index (κ1) is 17.2. The second kappa shape index (κ2) is 6.03. The Morgan fingerprint density at radius 1 is 1.25 bits per heavy atom. The topological polar surface area (TPSA) is 102 Å². The van der Waals surface area contributed by atoms with Crippen molar-refractivity contribution in [1.82, 2.24) is 29.6 Å². The number of piperidine rings is 1. The molecule has 5 rings (SSSR count). The van der Waals surface area contributed by atoms with Crippen LogP contribution in [0.4, 0.5) is 0 Å². The number of fused-ring (bicyclic) bond motifs is 2. The van der Waals surface area contributed by atoms with Crippen LogP contribution in [0.15, 0.2) is 35.2 Å². The van der Waals surface area contributed by atoms with Crippen LogP contribution in [0.2, 0.25) is 0 Å². The van der Waals surface area contributed by atoms with Gasteiger partial charge in [-0.1, -0.05) is 5.16 Å². The second-order valence-corrected chi connectivity index (χ2v) is 7.86. The van der Waals surface area contributed by atoms with E-state index in [2.05, 4.69) is 15.4 Å². The molecule has 146 valence electrons. The summed E-state index contributed by atoms with van der Waals surface area (Å²) in [6, 6.07) is 3.48. The van der Waals surface area contributed by atoms with Crippen LogP contribution in [-0.2, 0) is 19.7 Å². The van der Waals surface area contributed by atoms with Crippen molar-refractivity contribution in [2.45, 2.75) is 43.4 Å². The summed E-state index contributed by atoms with van der Waals surface area (Å²) in [5, 5.41) is 23.6. The van der Waals surface area contributed by atoms with Crippen molar-refractivity contribution in [3.05, 3.63) is 42.1 Å². The molecule has 0 spiro atoms. The Balaban J connectivity index is 1.39. The van der Waals surface area contributed by atoms with Gasteiger partial charge in [0, 0.05) is 57.5 Å². The Bertz CT molecular complexity index is 1020. The molecule has 2 saturated heterocycles. The summed E-state index contributed by atoms with van der Waals surface area (Å²) in [6.07, 6.45) is 7.95. The van der Waals surface area contributed by atoms with Crippen molar-refractivity contribution >= 4 is 5.91 Å². The molecule has 9 heteroatoms. The maximum atomic E-state index is 13.2. The lowest BCUT2D eigenvalue weighted by molar-refractivity contribution is -0.0532. The van der Waals surface area contributed by atoms with Crippen LogP contribution in [0, 0.1) is 0 Å². The number of hydrogen-bond acceptors (Lipinski definition) is 6. The summed E-state index contributed by atoms with van der Waals surface area (Å²) in [6.45, 7) is 0. The fraction of sp³-hybridized carbons (Fsp3) is 0.474. The minimum atomic E-state index is -0.960. The van der Waals surface area contributed by atoms with Gasteiger partial charge in [0.05, 0.1) is 17.5 Å². The van der Waals surface area contributed by atoms with Crippen molar-refractivity contribution in [1.29, 1.82) is 0 Å². The molecule has 2 bridgehead atoms. The van der Waals surface area contributed by atoms with Gasteiger partial charge < -0.3 is 14.5 Å². The van der Waals surface area contributed by atoms with Crippen LogP contribution in [-0.4, -0.2) is 52.7 Å². The smallest absolute Gasteiger partial charge is 0.276 e. The molecule has 9 nitrogen and oxygen atoms in total. The Hall–Kier alpha value is -2.94. The van der Waals surface area contributed by atoms with E-state index in [-0.39, 0.29) is 18.0 Å². The van der Waals surface area contributed by atoms with Crippen molar-refractivity contribution in [3.63, 3.8) is 0 Å². The van der Waals surface area contributed by atoms with E-state index < -0.39 is 5.60 Å². The van der Waals surface area contributed by atoms with Crippen LogP contribution in [0.25, 0.3) is 11.3 Å². The molecule has 28 heavy (non-hydrogen) atoms. The van der Waals surface area contributed by atoms with E-state index in [1.807, 2.05) is 31.3 Å². The molecule has 2 aliphatic rings. The van der Waals surface area contributed by atoms with Crippen LogP contribution in [0.5, 0.6) is 0 Å². The predicted octanol–water partition coefficient (Wildman–Crippen LogP) is 1.46. The summed E-state index contributed by atoms with van der Waals surface area (Å²) in [5.74, 6) is 0.380. The predicted molar refractivity (Wildman–Crippen MR) is 98.0 cm³/mol. The molecule has 0 aromatic carbocycles. The van der Waals surface area contributed by atoms with Gasteiger partial charge in [0.1, 0.15) is 5.60 Å². The molecule has 2 aliphatic heterocycles. The Labute approximate surface area is 161 Å². The monoisotopic (exact) mass is 382 g/mol. The second-order valence-electron chi connectivity index (χ2n) is 7.86. The number of rotatable bonds is 3. The molecular weight excluding hydrogens is 360 g/mol. The molecule has 0 unspecified atom stereocenters. The number of carbonyl (C=O) groups excluding carboxylic acids is 1. The third-order valence-corrected chi connectivity index (χ3v) is 6.02. The number of nitrogens with zero attached hydrogens (tertiary/aromatic N) is 6. The molecule has 0 saturated carbocycles. The van der Waals surface area contributed by atoms with E-state index in [0.29, 0.717) is 24.3 Å². The van der Waals surface area contributed by atoms with Crippen molar-refractivity contribution in [3.8, 4) is 11.3 Å². The minimum Gasteiger partial charge on any atom is -0.383 e. The first-order chi connectivity index (χ1) is 13.4. The van der Waals surface area contributed by atoms with Gasteiger partial charge in [-0.15, -0.1) is 0 Å². The van der Waals surface area contributed by atoms with Gasteiger partial charge in [0.15, 0.2) is 11.5 Å². The number of hydrogen-bond donors (Lipinski definition) is 1. The molecule has 0 radical (unpaired) electrons. The molecule has 3 aromatic heterocycles. The molecule has 0 aliphatic carbocycles. The van der Waals surface area contributed by atoms with Crippen LogP contribution in [0.1, 0.15) is 41.9 Å². The molecule has 1 N–H and O–H groups in total. The average molecular weight is 382 g/mol. The Morgan fingerprint density at radius 3 is 2.61 bits per heavy atom. The summed E-state index contributed by atoms with van der Waals surface area (Å²) in [7, 11) is 3.66. The molecule has 5 heterocycles. The normalized spacial score (nSPS) is 26.8. The highest BCUT2D eigenvalue weighted by atomic mass is 16.5. The number of aryl methyl sites for hydroxylation is 2. The minimum absolute atomic E-state index is 0.0234. The average Bonchev–Trinajstić information content (AvgIpc) is 3.42. The highest BCUT2D eigenvalue weighted by Crippen LogP contribution is 2.46. The van der Waals surface area contributed by atoms with Gasteiger partial charge in [-0.2, -0.15) is 10.2 Å². The van der Waals surface area contributed by atoms with E-state index in [1.165, 1.54) is 0 Å². The highest BCUT2D eigenvalue weighted by molar-refractivity contribution is 5.93. The Kier molecular flexibility index (Phi) is 3.70. The number of aromatic nitrogens is 5. The van der Waals surface area contributed by atoms with Crippen molar-refractivity contribution in [2.24, 2.45) is 14.1 Å². The SMILES string of the molecule is Cn1cc(-c2cc(C(=O)N3[C@@H]4CC[C@@H]3CC(O)(c3ccnn3C)C4)no2)cn1. The van der Waals surface area contributed by atoms with Crippen molar-refractivity contribution < 1.29 is 14.4 Å². The van der Waals surface area contributed by atoms with Crippen LogP contribution >= 0.6 is 0 Å². The van der Waals surface area contributed by atoms with Gasteiger partial charge in [0.25, 0.3) is 5.91 Å². The zero-order chi connectivity index (χ0) is 19.5. The first-order valence-corrected chi connectivity index (χ1v) is 9.44. The maximum absolute atomic E-state index is 13.2. The molecule has 3 aromatic rings. The quantitative estimate of drug-likeness (QED) is 0.736. The largest absolute Gasteiger partial charge is 0.383 e. The summed E-state index contributed by atoms with van der Waals surface area (Å²) >= 11 is 0. The van der Waals surface area contributed by atoms with E-state index in [1.54, 1.807) is 27.8 Å². The van der Waals surface area contributed by atoms with E-state index in [9.17, 15) is 9.90 Å². The van der Waals surface area contributed by atoms with Crippen molar-refractivity contribution in [2.75, 3.05) is 0 Å². The fourth-order valence-electron chi connectivity index (χ4n) is 4.79. The van der Waals surface area contributed by atoms with Gasteiger partial charge in [-0.3, -0.25) is 14.2 Å². The Morgan fingerprint density at radius 2 is 2.00 bits per heavy atom. The number of carbonyl (C=O) groups is 1. The van der Waals surface area contributed by atoms with Gasteiger partial charge in [0.2, 0.25) is 0 Å². The van der Waals surface area contributed by atoms with Gasteiger partial charge >= 0.3 is 0 Å². The summed E-state index contributed by atoms with van der Waals surface area (Å²) < 4.78 is 8.76. The van der Waals surface area contributed by atoms with Crippen LogP contribution in [0.3, 0.4) is 0 Å². The summed E-state index contributed by atoms with van der Waals surface area (Å²) in [5.41, 5.74) is 0.915. The molecular formula is C19H22N6O3. The zero-order valence-corrected chi connectivity index (χ0v) is 15.8. The fourth-order valence-corrected chi connectivity index (χ4v) is 4.79. The summed E-state index contributed by atoms with van der Waals surface area (Å²) in [4.78, 5) is 15.0. The van der Waals surface area contributed by atoms with Gasteiger partial charge in [-0.25, -0.2) is 0 Å². The maximum Gasteiger partial charge on any atom is 0.276 e. The van der Waals surface area contributed by atoms with Crippen LogP contribution < -0.4 is 0 Å². The van der Waals surface area contributed by atoms with Gasteiger partial charge in [-0.05, 0) is 18.9 Å². The standard InChI is InChI=1S/C19H22N6O3/c1-23-11-12(10-21-23)16-7-15(22-28-16)18(26)25-13-3-4-14(25)9-19(27,8-13)17-5-6-20-24(17)2/h5-7,10-11,13-14,27H,3-4,8-9H2,1-2H3/t13-,14-/m1/s1. The molecule has 1 amide bonds. The lowest BCUT2D eigenvalue weighted by Crippen LogP contribution is -2.52. The molecule has 2 fully saturated rings. The third-order valence-electron chi connectivity index (χ3n) is 6.02. The van der Waals surface area contributed by atoms with E-state index >= 15 is 0 Å².